The summed E-state index contributed by atoms with van der Waals surface area (Å²) in [5.74, 6) is 0.562. The maximum absolute atomic E-state index is 13.1. The van der Waals surface area contributed by atoms with Gasteiger partial charge in [0.15, 0.2) is 0 Å². The summed E-state index contributed by atoms with van der Waals surface area (Å²) in [4.78, 5) is 48.5. The van der Waals surface area contributed by atoms with Crippen LogP contribution in [-0.2, 0) is 11.3 Å². The molecule has 176 valence electrons. The van der Waals surface area contributed by atoms with E-state index in [1.54, 1.807) is 30.5 Å². The number of rotatable bonds is 5. The van der Waals surface area contributed by atoms with E-state index >= 15 is 0 Å². The number of carbonyl (C=O) groups excluding carboxylic acids is 3. The second kappa shape index (κ2) is 10.1. The first-order chi connectivity index (χ1) is 17.1. The number of anilines is 1. The molecule has 0 atom stereocenters. The normalized spacial score (nSPS) is 17.4. The lowest BCUT2D eigenvalue weighted by atomic mass is 10.1. The molecule has 2 aliphatic rings. The SMILES string of the molecule is O=C(c1cccc(/C=C2\SC(=O)N(Cc3ccccc3)C2=O)c1)N1CCN(c2ccccn2)CC1. The van der Waals surface area contributed by atoms with Crippen LogP contribution in [0, 0.1) is 0 Å². The fourth-order valence-electron chi connectivity index (χ4n) is 4.18. The molecule has 8 heteroatoms. The van der Waals surface area contributed by atoms with Crippen molar-refractivity contribution in [1.82, 2.24) is 14.8 Å². The Labute approximate surface area is 208 Å². The Morgan fingerprint density at radius 3 is 2.43 bits per heavy atom. The fraction of sp³-hybridized carbons (Fsp3) is 0.185. The van der Waals surface area contributed by atoms with Gasteiger partial charge in [0.05, 0.1) is 11.4 Å². The van der Waals surface area contributed by atoms with Crippen LogP contribution in [0.3, 0.4) is 0 Å². The van der Waals surface area contributed by atoms with Gasteiger partial charge in [-0.25, -0.2) is 4.98 Å². The van der Waals surface area contributed by atoms with Crippen molar-refractivity contribution in [1.29, 1.82) is 0 Å². The highest BCUT2D eigenvalue weighted by molar-refractivity contribution is 8.18. The highest BCUT2D eigenvalue weighted by atomic mass is 32.2. The van der Waals surface area contributed by atoms with Crippen LogP contribution in [-0.4, -0.2) is 58.0 Å². The third kappa shape index (κ3) is 5.12. The van der Waals surface area contributed by atoms with E-state index in [1.807, 2.05) is 59.5 Å². The van der Waals surface area contributed by atoms with Crippen molar-refractivity contribution >= 4 is 40.7 Å². The number of piperazine rings is 1. The monoisotopic (exact) mass is 484 g/mol. The molecule has 0 radical (unpaired) electrons. The van der Waals surface area contributed by atoms with E-state index in [0.29, 0.717) is 29.1 Å². The first kappa shape index (κ1) is 22.9. The van der Waals surface area contributed by atoms with Crippen LogP contribution < -0.4 is 4.90 Å². The zero-order valence-electron chi connectivity index (χ0n) is 19.0. The van der Waals surface area contributed by atoms with E-state index in [0.717, 1.165) is 36.2 Å². The van der Waals surface area contributed by atoms with E-state index in [2.05, 4.69) is 9.88 Å². The molecule has 3 amide bonds. The number of carbonyl (C=O) groups is 3. The Morgan fingerprint density at radius 1 is 0.914 bits per heavy atom. The van der Waals surface area contributed by atoms with Crippen molar-refractivity contribution in [3.63, 3.8) is 0 Å². The van der Waals surface area contributed by atoms with E-state index < -0.39 is 0 Å². The van der Waals surface area contributed by atoms with Crippen LogP contribution in [0.1, 0.15) is 21.5 Å². The highest BCUT2D eigenvalue weighted by Gasteiger charge is 2.35. The van der Waals surface area contributed by atoms with Crippen LogP contribution in [0.2, 0.25) is 0 Å². The zero-order chi connectivity index (χ0) is 24.2. The van der Waals surface area contributed by atoms with Gasteiger partial charge < -0.3 is 9.80 Å². The summed E-state index contributed by atoms with van der Waals surface area (Å²) in [5, 5.41) is -0.289. The van der Waals surface area contributed by atoms with Gasteiger partial charge in [-0.15, -0.1) is 0 Å². The van der Waals surface area contributed by atoms with Gasteiger partial charge in [0.25, 0.3) is 17.1 Å². The van der Waals surface area contributed by atoms with Crippen molar-refractivity contribution in [2.45, 2.75) is 6.54 Å². The summed E-state index contributed by atoms with van der Waals surface area (Å²) in [5.41, 5.74) is 2.17. The number of amides is 3. The number of hydrogen-bond acceptors (Lipinski definition) is 6. The van der Waals surface area contributed by atoms with Gasteiger partial charge >= 0.3 is 0 Å². The van der Waals surface area contributed by atoms with Gasteiger partial charge in [0, 0.05) is 37.9 Å². The average Bonchev–Trinajstić information content (AvgIpc) is 3.17. The smallest absolute Gasteiger partial charge is 0.293 e. The number of nitrogens with zero attached hydrogens (tertiary/aromatic N) is 4. The van der Waals surface area contributed by atoms with E-state index in [9.17, 15) is 14.4 Å². The molecule has 2 aromatic carbocycles. The van der Waals surface area contributed by atoms with Gasteiger partial charge in [0.2, 0.25) is 0 Å². The Hall–Kier alpha value is -3.91. The Kier molecular flexibility index (Phi) is 6.63. The van der Waals surface area contributed by atoms with E-state index in [4.69, 9.17) is 0 Å². The lowest BCUT2D eigenvalue weighted by molar-refractivity contribution is -0.123. The van der Waals surface area contributed by atoms with Crippen LogP contribution in [0.5, 0.6) is 0 Å². The van der Waals surface area contributed by atoms with Crippen molar-refractivity contribution < 1.29 is 14.4 Å². The number of imide groups is 1. The van der Waals surface area contributed by atoms with Crippen LogP contribution >= 0.6 is 11.8 Å². The van der Waals surface area contributed by atoms with Crippen molar-refractivity contribution in [2.75, 3.05) is 31.1 Å². The summed E-state index contributed by atoms with van der Waals surface area (Å²) in [7, 11) is 0. The van der Waals surface area contributed by atoms with Gasteiger partial charge in [0.1, 0.15) is 5.82 Å². The van der Waals surface area contributed by atoms with Crippen molar-refractivity contribution in [3.05, 3.63) is 101 Å². The topological polar surface area (TPSA) is 73.8 Å². The summed E-state index contributed by atoms with van der Waals surface area (Å²) < 4.78 is 0. The molecule has 2 saturated heterocycles. The predicted octanol–water partition coefficient (Wildman–Crippen LogP) is 4.28. The zero-order valence-corrected chi connectivity index (χ0v) is 19.9. The Bertz CT molecular complexity index is 1270. The molecule has 0 bridgehead atoms. The summed E-state index contributed by atoms with van der Waals surface area (Å²) in [6.07, 6.45) is 3.46. The largest absolute Gasteiger partial charge is 0.353 e. The van der Waals surface area contributed by atoms with Gasteiger partial charge in [-0.05, 0) is 53.2 Å². The molecule has 2 fully saturated rings. The number of hydrogen-bond donors (Lipinski definition) is 0. The van der Waals surface area contributed by atoms with Crippen LogP contribution in [0.15, 0.2) is 83.9 Å². The molecule has 0 saturated carbocycles. The summed E-state index contributed by atoms with van der Waals surface area (Å²) >= 11 is 0.928. The standard InChI is InChI=1S/C27H24N4O3S/c32-25(30-15-13-29(14-16-30)24-11-4-5-12-28-24)22-10-6-9-21(17-22)18-23-26(33)31(27(34)35-23)19-20-7-2-1-3-8-20/h1-12,17-18H,13-16,19H2/b23-18-. The Balaban J connectivity index is 1.25. The first-order valence-corrected chi connectivity index (χ1v) is 12.2. The third-order valence-corrected chi connectivity index (χ3v) is 6.94. The maximum atomic E-state index is 13.1. The Morgan fingerprint density at radius 2 is 1.69 bits per heavy atom. The molecule has 2 aliphatic heterocycles. The van der Waals surface area contributed by atoms with E-state index in [-0.39, 0.29) is 23.6 Å². The molecule has 35 heavy (non-hydrogen) atoms. The van der Waals surface area contributed by atoms with Gasteiger partial charge in [-0.1, -0.05) is 48.5 Å². The molecule has 1 aromatic heterocycles. The molecule has 3 aromatic rings. The number of benzene rings is 2. The lowest BCUT2D eigenvalue weighted by Gasteiger charge is -2.35. The summed E-state index contributed by atoms with van der Waals surface area (Å²) in [6, 6.07) is 22.5. The third-order valence-electron chi connectivity index (χ3n) is 6.03. The molecule has 0 N–H and O–H groups in total. The van der Waals surface area contributed by atoms with Crippen LogP contribution in [0.25, 0.3) is 6.08 Å². The minimum atomic E-state index is -0.314. The molecule has 0 aliphatic carbocycles. The van der Waals surface area contributed by atoms with Crippen molar-refractivity contribution in [3.8, 4) is 0 Å². The number of aromatic nitrogens is 1. The van der Waals surface area contributed by atoms with Crippen molar-refractivity contribution in [2.24, 2.45) is 0 Å². The minimum Gasteiger partial charge on any atom is -0.353 e. The number of pyridine rings is 1. The fourth-order valence-corrected chi connectivity index (χ4v) is 5.02. The lowest BCUT2D eigenvalue weighted by Crippen LogP contribution is -2.49. The average molecular weight is 485 g/mol. The van der Waals surface area contributed by atoms with Gasteiger partial charge in [-0.3, -0.25) is 19.3 Å². The van der Waals surface area contributed by atoms with Gasteiger partial charge in [-0.2, -0.15) is 0 Å². The molecule has 7 nitrogen and oxygen atoms in total. The second-order valence-corrected chi connectivity index (χ2v) is 9.34. The molecular formula is C27H24N4O3S. The molecule has 3 heterocycles. The molecule has 0 unspecified atom stereocenters. The maximum Gasteiger partial charge on any atom is 0.293 e. The predicted molar refractivity (Wildman–Crippen MR) is 137 cm³/mol. The summed E-state index contributed by atoms with van der Waals surface area (Å²) in [6.45, 7) is 2.90. The van der Waals surface area contributed by atoms with Crippen LogP contribution in [0.4, 0.5) is 10.6 Å². The quantitative estimate of drug-likeness (QED) is 0.504. The van der Waals surface area contributed by atoms with E-state index in [1.165, 1.54) is 4.90 Å². The molecule has 5 rings (SSSR count). The minimum absolute atomic E-state index is 0.0434. The first-order valence-electron chi connectivity index (χ1n) is 11.4. The second-order valence-electron chi connectivity index (χ2n) is 8.35. The molecular weight excluding hydrogens is 460 g/mol. The molecule has 0 spiro atoms. The highest BCUT2D eigenvalue weighted by Crippen LogP contribution is 2.33. The number of thioether (sulfide) groups is 1.